The van der Waals surface area contributed by atoms with Crippen molar-refractivity contribution < 1.29 is 24.2 Å². The van der Waals surface area contributed by atoms with Crippen molar-refractivity contribution in [3.8, 4) is 5.69 Å². The molecule has 2 amide bonds. The molecule has 0 radical (unpaired) electrons. The Balaban J connectivity index is 1.70. The highest BCUT2D eigenvalue weighted by molar-refractivity contribution is 5.90. The Bertz CT molecular complexity index is 849. The number of hydrogen-bond acceptors (Lipinski definition) is 6. The molecule has 1 aliphatic rings. The van der Waals surface area contributed by atoms with Crippen LogP contribution in [0.4, 0.5) is 10.5 Å². The van der Waals surface area contributed by atoms with E-state index in [1.165, 1.54) is 22.9 Å². The molecular weight excluding hydrogens is 342 g/mol. The molecule has 1 atom stereocenters. The van der Waals surface area contributed by atoms with Crippen molar-refractivity contribution in [3.63, 3.8) is 0 Å². The number of esters is 1. The number of aliphatic carboxylic acids is 1. The smallest absolute Gasteiger partial charge is 0.360 e. The summed E-state index contributed by atoms with van der Waals surface area (Å²) in [6, 6.07) is 6.46. The van der Waals surface area contributed by atoms with Gasteiger partial charge in [0.25, 0.3) is 0 Å². The number of aromatic nitrogens is 3. The average molecular weight is 359 g/mol. The standard InChI is InChI=1S/C16H17N5O5/c1-26-15(24)13-9-21(19-18-13)12-4-2-3-11(7-12)17-16(25)20-6-5-10(8-20)14(22)23/h2-4,7,9-10H,5-6,8H2,1H3,(H,17,25)(H,22,23). The minimum atomic E-state index is -0.894. The fraction of sp³-hybridized carbons (Fsp3) is 0.312. The van der Waals surface area contributed by atoms with Gasteiger partial charge in [-0.1, -0.05) is 11.3 Å². The van der Waals surface area contributed by atoms with Crippen LogP contribution in [0.25, 0.3) is 5.69 Å². The molecule has 1 fully saturated rings. The molecule has 1 aliphatic heterocycles. The molecule has 1 aromatic heterocycles. The molecule has 26 heavy (non-hydrogen) atoms. The lowest BCUT2D eigenvalue weighted by atomic mass is 10.1. The van der Waals surface area contributed by atoms with E-state index >= 15 is 0 Å². The second-order valence-corrected chi connectivity index (χ2v) is 5.79. The van der Waals surface area contributed by atoms with Crippen LogP contribution in [0.3, 0.4) is 0 Å². The number of anilines is 1. The lowest BCUT2D eigenvalue weighted by Gasteiger charge is -2.17. The number of benzene rings is 1. The maximum absolute atomic E-state index is 12.3. The third-order valence-electron chi connectivity index (χ3n) is 4.07. The van der Waals surface area contributed by atoms with Gasteiger partial charge in [0, 0.05) is 18.8 Å². The van der Waals surface area contributed by atoms with Gasteiger partial charge in [-0.05, 0) is 24.6 Å². The molecule has 1 saturated heterocycles. The molecule has 136 valence electrons. The Kier molecular flexibility index (Phi) is 4.83. The zero-order valence-corrected chi connectivity index (χ0v) is 14.0. The molecule has 3 rings (SSSR count). The third kappa shape index (κ3) is 3.63. The van der Waals surface area contributed by atoms with E-state index in [1.807, 2.05) is 0 Å². The van der Waals surface area contributed by atoms with Crippen LogP contribution in [-0.2, 0) is 9.53 Å². The molecule has 2 aromatic rings. The van der Waals surface area contributed by atoms with E-state index in [0.717, 1.165) is 0 Å². The molecule has 10 nitrogen and oxygen atoms in total. The van der Waals surface area contributed by atoms with Crippen LogP contribution in [0, 0.1) is 5.92 Å². The van der Waals surface area contributed by atoms with Gasteiger partial charge in [-0.25, -0.2) is 14.3 Å². The van der Waals surface area contributed by atoms with Crippen LogP contribution in [-0.4, -0.2) is 63.2 Å². The highest BCUT2D eigenvalue weighted by atomic mass is 16.5. The van der Waals surface area contributed by atoms with Crippen molar-refractivity contribution in [1.82, 2.24) is 19.9 Å². The highest BCUT2D eigenvalue weighted by Gasteiger charge is 2.30. The second-order valence-electron chi connectivity index (χ2n) is 5.79. The number of amides is 2. The summed E-state index contributed by atoms with van der Waals surface area (Å²) in [5.74, 6) is -2.02. The van der Waals surface area contributed by atoms with Gasteiger partial charge in [0.05, 0.1) is 24.9 Å². The van der Waals surface area contributed by atoms with Crippen LogP contribution in [0.1, 0.15) is 16.9 Å². The van der Waals surface area contributed by atoms with Gasteiger partial charge in [0.1, 0.15) is 0 Å². The van der Waals surface area contributed by atoms with Crippen molar-refractivity contribution in [3.05, 3.63) is 36.2 Å². The van der Waals surface area contributed by atoms with E-state index in [0.29, 0.717) is 24.3 Å². The highest BCUT2D eigenvalue weighted by Crippen LogP contribution is 2.19. The first-order valence-corrected chi connectivity index (χ1v) is 7.88. The Morgan fingerprint density at radius 3 is 2.85 bits per heavy atom. The summed E-state index contributed by atoms with van der Waals surface area (Å²) in [7, 11) is 1.25. The summed E-state index contributed by atoms with van der Waals surface area (Å²) in [6.45, 7) is 0.584. The monoisotopic (exact) mass is 359 g/mol. The predicted octanol–water partition coefficient (Wildman–Crippen LogP) is 0.992. The maximum atomic E-state index is 12.3. The van der Waals surface area contributed by atoms with E-state index in [1.54, 1.807) is 24.3 Å². The lowest BCUT2D eigenvalue weighted by Crippen LogP contribution is -2.33. The number of nitrogens with zero attached hydrogens (tertiary/aromatic N) is 4. The maximum Gasteiger partial charge on any atom is 0.360 e. The van der Waals surface area contributed by atoms with E-state index in [4.69, 9.17) is 5.11 Å². The Morgan fingerprint density at radius 1 is 1.35 bits per heavy atom. The van der Waals surface area contributed by atoms with Gasteiger partial charge in [-0.3, -0.25) is 4.79 Å². The van der Waals surface area contributed by atoms with Gasteiger partial charge in [0.2, 0.25) is 0 Å². The molecule has 10 heteroatoms. The van der Waals surface area contributed by atoms with Crippen molar-refractivity contribution >= 4 is 23.7 Å². The van der Waals surface area contributed by atoms with E-state index in [2.05, 4.69) is 20.4 Å². The summed E-state index contributed by atoms with van der Waals surface area (Å²) in [6.07, 6.45) is 1.86. The normalized spacial score (nSPS) is 16.3. The Morgan fingerprint density at radius 2 is 2.15 bits per heavy atom. The summed E-state index contributed by atoms with van der Waals surface area (Å²) in [4.78, 5) is 36.2. The van der Waals surface area contributed by atoms with E-state index < -0.39 is 17.9 Å². The molecule has 0 saturated carbocycles. The number of hydrogen-bond donors (Lipinski definition) is 2. The molecule has 1 aromatic carbocycles. The number of ether oxygens (including phenoxy) is 1. The van der Waals surface area contributed by atoms with Crippen molar-refractivity contribution in [1.29, 1.82) is 0 Å². The van der Waals surface area contributed by atoms with Crippen LogP contribution < -0.4 is 5.32 Å². The van der Waals surface area contributed by atoms with E-state index in [-0.39, 0.29) is 18.3 Å². The van der Waals surface area contributed by atoms with Gasteiger partial charge in [0.15, 0.2) is 5.69 Å². The number of nitrogens with one attached hydrogen (secondary N) is 1. The number of likely N-dealkylation sites (tertiary alicyclic amines) is 1. The zero-order chi connectivity index (χ0) is 18.7. The van der Waals surface area contributed by atoms with E-state index in [9.17, 15) is 14.4 Å². The second kappa shape index (κ2) is 7.21. The zero-order valence-electron chi connectivity index (χ0n) is 14.0. The van der Waals surface area contributed by atoms with Gasteiger partial charge >= 0.3 is 18.0 Å². The fourth-order valence-electron chi connectivity index (χ4n) is 2.66. The number of carboxylic acids is 1. The van der Waals surface area contributed by atoms with Crippen LogP contribution in [0.5, 0.6) is 0 Å². The van der Waals surface area contributed by atoms with Crippen molar-refractivity contribution in [2.24, 2.45) is 5.92 Å². The first-order valence-electron chi connectivity index (χ1n) is 7.88. The number of methoxy groups -OCH3 is 1. The predicted molar refractivity (Wildman–Crippen MR) is 89.0 cm³/mol. The number of carbonyl (C=O) groups excluding carboxylic acids is 2. The molecule has 0 aliphatic carbocycles. The summed E-state index contributed by atoms with van der Waals surface area (Å²) < 4.78 is 5.97. The largest absolute Gasteiger partial charge is 0.481 e. The number of carboxylic acid groups (broad SMARTS) is 1. The summed E-state index contributed by atoms with van der Waals surface area (Å²) >= 11 is 0. The number of carbonyl (C=O) groups is 3. The Hall–Kier alpha value is -3.43. The quantitative estimate of drug-likeness (QED) is 0.779. The molecule has 2 N–H and O–H groups in total. The average Bonchev–Trinajstić information content (AvgIpc) is 3.31. The van der Waals surface area contributed by atoms with Crippen LogP contribution in [0.15, 0.2) is 30.5 Å². The van der Waals surface area contributed by atoms with Gasteiger partial charge < -0.3 is 20.1 Å². The van der Waals surface area contributed by atoms with Crippen LogP contribution >= 0.6 is 0 Å². The number of rotatable bonds is 4. The third-order valence-corrected chi connectivity index (χ3v) is 4.07. The first-order chi connectivity index (χ1) is 12.5. The Labute approximate surface area is 148 Å². The minimum Gasteiger partial charge on any atom is -0.481 e. The van der Waals surface area contributed by atoms with Crippen LogP contribution in [0.2, 0.25) is 0 Å². The molecule has 0 bridgehead atoms. The molecule has 2 heterocycles. The van der Waals surface area contributed by atoms with Gasteiger partial charge in [-0.15, -0.1) is 5.10 Å². The molecule has 0 spiro atoms. The van der Waals surface area contributed by atoms with Crippen molar-refractivity contribution in [2.45, 2.75) is 6.42 Å². The summed E-state index contributed by atoms with van der Waals surface area (Å²) in [5, 5.41) is 19.3. The molecular formula is C16H17N5O5. The van der Waals surface area contributed by atoms with Gasteiger partial charge in [-0.2, -0.15) is 0 Å². The van der Waals surface area contributed by atoms with Crippen molar-refractivity contribution in [2.75, 3.05) is 25.5 Å². The minimum absolute atomic E-state index is 0.0683. The number of urea groups is 1. The summed E-state index contributed by atoms with van der Waals surface area (Å²) in [5.41, 5.74) is 1.18. The SMILES string of the molecule is COC(=O)c1cn(-c2cccc(NC(=O)N3CCC(C(=O)O)C3)c2)nn1. The topological polar surface area (TPSA) is 127 Å². The molecule has 1 unspecified atom stereocenters. The first kappa shape index (κ1) is 17.4. The fourth-order valence-corrected chi connectivity index (χ4v) is 2.66. The lowest BCUT2D eigenvalue weighted by molar-refractivity contribution is -0.141.